The number of thiophene rings is 1. The highest BCUT2D eigenvalue weighted by Gasteiger charge is 2.21. The first-order valence-corrected chi connectivity index (χ1v) is 8.89. The molecule has 124 valence electrons. The molecule has 3 heterocycles. The van der Waals surface area contributed by atoms with E-state index < -0.39 is 6.10 Å². The second-order valence-corrected chi connectivity index (χ2v) is 7.01. The van der Waals surface area contributed by atoms with Crippen molar-refractivity contribution in [2.75, 3.05) is 0 Å². The number of H-pyrrole nitrogens is 1. The molecule has 0 aliphatic carbocycles. The zero-order valence-electron chi connectivity index (χ0n) is 13.1. The third-order valence-electron chi connectivity index (χ3n) is 3.92. The highest BCUT2D eigenvalue weighted by atomic mass is 35.5. The predicted octanol–water partition coefficient (Wildman–Crippen LogP) is 4.94. The van der Waals surface area contributed by atoms with Crippen LogP contribution in [0.25, 0.3) is 21.1 Å². The Hall–Kier alpha value is -2.47. The first-order valence-electron chi connectivity index (χ1n) is 7.70. The average Bonchev–Trinajstić information content (AvgIpc) is 3.32. The number of imidazole rings is 1. The van der Waals surface area contributed by atoms with Crippen molar-refractivity contribution < 1.29 is 5.11 Å². The van der Waals surface area contributed by atoms with Crippen LogP contribution in [0.2, 0.25) is 5.02 Å². The average molecular weight is 368 g/mol. The maximum Gasteiger partial charge on any atom is 0.147 e. The normalized spacial score (nSPS) is 12.2. The zero-order chi connectivity index (χ0) is 17.2. The van der Waals surface area contributed by atoms with E-state index >= 15 is 0 Å². The van der Waals surface area contributed by atoms with Crippen molar-refractivity contribution in [3.8, 4) is 21.1 Å². The first-order chi connectivity index (χ1) is 12.2. The number of hydrogen-bond acceptors (Lipinski definition) is 4. The molecule has 1 aromatic carbocycles. The summed E-state index contributed by atoms with van der Waals surface area (Å²) in [5.41, 5.74) is 2.66. The van der Waals surface area contributed by atoms with E-state index in [0.717, 1.165) is 32.3 Å². The quantitative estimate of drug-likeness (QED) is 0.537. The second kappa shape index (κ2) is 6.80. The van der Waals surface area contributed by atoms with Crippen molar-refractivity contribution in [2.24, 2.45) is 0 Å². The smallest absolute Gasteiger partial charge is 0.147 e. The highest BCUT2D eigenvalue weighted by molar-refractivity contribution is 7.19. The Morgan fingerprint density at radius 2 is 1.80 bits per heavy atom. The minimum absolute atomic E-state index is 0.644. The second-order valence-electron chi connectivity index (χ2n) is 5.52. The number of aromatic nitrogens is 3. The Kier molecular flexibility index (Phi) is 4.36. The van der Waals surface area contributed by atoms with E-state index in [-0.39, 0.29) is 0 Å². The van der Waals surface area contributed by atoms with Crippen LogP contribution in [0.5, 0.6) is 0 Å². The molecule has 6 heteroatoms. The third kappa shape index (κ3) is 3.22. The van der Waals surface area contributed by atoms with Crippen LogP contribution < -0.4 is 0 Å². The molecule has 0 fully saturated rings. The van der Waals surface area contributed by atoms with E-state index in [2.05, 4.69) is 15.0 Å². The lowest BCUT2D eigenvalue weighted by atomic mass is 10.0. The largest absolute Gasteiger partial charge is 0.384 e. The number of benzene rings is 1. The monoisotopic (exact) mass is 367 g/mol. The fraction of sp³-hybridized carbons (Fsp3) is 0.0526. The molecule has 4 rings (SSSR count). The summed E-state index contributed by atoms with van der Waals surface area (Å²) < 4.78 is 0. The summed E-state index contributed by atoms with van der Waals surface area (Å²) in [4.78, 5) is 13.5. The molecule has 25 heavy (non-hydrogen) atoms. The van der Waals surface area contributed by atoms with Gasteiger partial charge < -0.3 is 10.1 Å². The van der Waals surface area contributed by atoms with Crippen LogP contribution in [0.1, 0.15) is 17.2 Å². The summed E-state index contributed by atoms with van der Waals surface area (Å²) in [6.45, 7) is 0. The summed E-state index contributed by atoms with van der Waals surface area (Å²) in [6, 6.07) is 13.2. The fourth-order valence-electron chi connectivity index (χ4n) is 2.67. The topological polar surface area (TPSA) is 61.8 Å². The van der Waals surface area contributed by atoms with Crippen molar-refractivity contribution in [1.29, 1.82) is 0 Å². The highest BCUT2D eigenvalue weighted by Crippen LogP contribution is 2.41. The van der Waals surface area contributed by atoms with Gasteiger partial charge in [0.15, 0.2) is 0 Å². The van der Waals surface area contributed by atoms with E-state index in [1.54, 1.807) is 48.3 Å². The number of nitrogens with one attached hydrogen (secondary N) is 1. The van der Waals surface area contributed by atoms with Crippen molar-refractivity contribution in [1.82, 2.24) is 15.0 Å². The standard InChI is InChI=1S/C19H14ClN3OS/c20-14-3-1-13(2-4-14)17(24)15-11-16(12-5-7-21-8-6-12)25-18(15)19-22-9-10-23-19/h1-11,17,24H,(H,22,23)/t17-/m1/s1. The molecule has 3 aromatic heterocycles. The molecule has 0 aliphatic heterocycles. The van der Waals surface area contributed by atoms with Crippen molar-refractivity contribution in [3.63, 3.8) is 0 Å². The number of aliphatic hydroxyl groups excluding tert-OH is 1. The number of hydrogen-bond donors (Lipinski definition) is 2. The molecule has 0 saturated carbocycles. The molecule has 1 atom stereocenters. The number of aromatic amines is 1. The number of nitrogens with zero attached hydrogens (tertiary/aromatic N) is 2. The molecule has 2 N–H and O–H groups in total. The summed E-state index contributed by atoms with van der Waals surface area (Å²) >= 11 is 7.55. The van der Waals surface area contributed by atoms with Crippen LogP contribution in [0.3, 0.4) is 0 Å². The van der Waals surface area contributed by atoms with Gasteiger partial charge in [0.1, 0.15) is 11.9 Å². The van der Waals surface area contributed by atoms with E-state index in [9.17, 15) is 5.11 Å². The lowest BCUT2D eigenvalue weighted by Crippen LogP contribution is -1.99. The van der Waals surface area contributed by atoms with Gasteiger partial charge in [0, 0.05) is 40.3 Å². The third-order valence-corrected chi connectivity index (χ3v) is 5.38. The number of rotatable bonds is 4. The SMILES string of the molecule is O[C@H](c1ccc(Cl)cc1)c1cc(-c2ccncc2)sc1-c1ncc[nH]1. The van der Waals surface area contributed by atoms with Crippen LogP contribution in [0.4, 0.5) is 0 Å². The minimum Gasteiger partial charge on any atom is -0.384 e. The van der Waals surface area contributed by atoms with Gasteiger partial charge in [0.05, 0.1) is 4.88 Å². The number of halogens is 1. The van der Waals surface area contributed by atoms with Gasteiger partial charge in [-0.2, -0.15) is 0 Å². The van der Waals surface area contributed by atoms with E-state index in [1.807, 2.05) is 30.3 Å². The summed E-state index contributed by atoms with van der Waals surface area (Å²) in [5, 5.41) is 11.6. The Labute approximate surface area is 153 Å². The molecule has 0 radical (unpaired) electrons. The first kappa shape index (κ1) is 16.0. The van der Waals surface area contributed by atoms with Crippen LogP contribution in [0, 0.1) is 0 Å². The molecule has 0 bridgehead atoms. The Balaban J connectivity index is 1.82. The molecule has 4 aromatic rings. The predicted molar refractivity (Wildman–Crippen MR) is 101 cm³/mol. The summed E-state index contributed by atoms with van der Waals surface area (Å²) in [7, 11) is 0. The van der Waals surface area contributed by atoms with Gasteiger partial charge in [0.2, 0.25) is 0 Å². The van der Waals surface area contributed by atoms with E-state index in [4.69, 9.17) is 11.6 Å². The lowest BCUT2D eigenvalue weighted by molar-refractivity contribution is 0.221. The Morgan fingerprint density at radius 3 is 2.48 bits per heavy atom. The van der Waals surface area contributed by atoms with Gasteiger partial charge in [-0.25, -0.2) is 4.98 Å². The van der Waals surface area contributed by atoms with Crippen LogP contribution in [-0.2, 0) is 0 Å². The van der Waals surface area contributed by atoms with Gasteiger partial charge >= 0.3 is 0 Å². The molecule has 4 nitrogen and oxygen atoms in total. The summed E-state index contributed by atoms with van der Waals surface area (Å²) in [6.07, 6.45) is 6.25. The zero-order valence-corrected chi connectivity index (χ0v) is 14.6. The molecular weight excluding hydrogens is 354 g/mol. The van der Waals surface area contributed by atoms with Crippen LogP contribution >= 0.6 is 22.9 Å². The van der Waals surface area contributed by atoms with Crippen LogP contribution in [-0.4, -0.2) is 20.1 Å². The number of pyridine rings is 1. The van der Waals surface area contributed by atoms with Crippen molar-refractivity contribution in [3.05, 3.63) is 83.4 Å². The fourth-order valence-corrected chi connectivity index (χ4v) is 3.95. The van der Waals surface area contributed by atoms with Gasteiger partial charge in [-0.15, -0.1) is 11.3 Å². The lowest BCUT2D eigenvalue weighted by Gasteiger charge is -2.11. The molecule has 0 aliphatic rings. The Bertz CT molecular complexity index is 966. The van der Waals surface area contributed by atoms with Gasteiger partial charge in [0.25, 0.3) is 0 Å². The van der Waals surface area contributed by atoms with Gasteiger partial charge in [-0.05, 0) is 41.5 Å². The minimum atomic E-state index is -0.760. The molecule has 0 unspecified atom stereocenters. The molecule has 0 saturated heterocycles. The van der Waals surface area contributed by atoms with Crippen LogP contribution in [0.15, 0.2) is 67.3 Å². The molecular formula is C19H14ClN3OS. The van der Waals surface area contributed by atoms with E-state index in [1.165, 1.54) is 0 Å². The van der Waals surface area contributed by atoms with Gasteiger partial charge in [-0.1, -0.05) is 23.7 Å². The number of aliphatic hydroxyl groups is 1. The maximum atomic E-state index is 10.9. The molecule has 0 amide bonds. The maximum absolute atomic E-state index is 10.9. The van der Waals surface area contributed by atoms with E-state index in [0.29, 0.717) is 5.02 Å². The Morgan fingerprint density at radius 1 is 1.04 bits per heavy atom. The van der Waals surface area contributed by atoms with Crippen molar-refractivity contribution in [2.45, 2.75) is 6.10 Å². The van der Waals surface area contributed by atoms with Gasteiger partial charge in [-0.3, -0.25) is 4.98 Å². The molecule has 0 spiro atoms. The summed E-state index contributed by atoms with van der Waals surface area (Å²) in [5.74, 6) is 0.744. The van der Waals surface area contributed by atoms with Crippen molar-refractivity contribution >= 4 is 22.9 Å².